The molecule has 18 heavy (non-hydrogen) atoms. The van der Waals surface area contributed by atoms with Crippen molar-refractivity contribution >= 4 is 23.2 Å². The fourth-order valence-corrected chi connectivity index (χ4v) is 1.81. The van der Waals surface area contributed by atoms with E-state index in [1.165, 1.54) is 5.69 Å². The number of nitrogens with one attached hydrogen (secondary N) is 1. The Hall–Kier alpha value is -1.22. The largest absolute Gasteiger partial charge is 0.372 e. The first-order valence-corrected chi connectivity index (χ1v) is 6.80. The van der Waals surface area contributed by atoms with Gasteiger partial charge >= 0.3 is 0 Å². The normalized spacial score (nSPS) is 11.9. The molecule has 0 aliphatic rings. The summed E-state index contributed by atoms with van der Waals surface area (Å²) in [5.41, 5.74) is 1.22. The van der Waals surface area contributed by atoms with Crippen LogP contribution in [0, 0.1) is 0 Å². The molecule has 0 radical (unpaired) electrons. The number of rotatable bonds is 7. The van der Waals surface area contributed by atoms with E-state index in [9.17, 15) is 4.79 Å². The number of nitrogens with zero attached hydrogens (tertiary/aromatic N) is 1. The van der Waals surface area contributed by atoms with E-state index in [0.717, 1.165) is 19.5 Å². The summed E-state index contributed by atoms with van der Waals surface area (Å²) in [6, 6.07) is 10.3. The Balaban J connectivity index is 2.31. The molecule has 1 atom stereocenters. The number of benzene rings is 1. The van der Waals surface area contributed by atoms with Crippen molar-refractivity contribution in [3.63, 3.8) is 0 Å². The summed E-state index contributed by atoms with van der Waals surface area (Å²) in [5, 5.41) is 2.36. The van der Waals surface area contributed by atoms with Crippen molar-refractivity contribution in [2.24, 2.45) is 0 Å². The van der Waals surface area contributed by atoms with Crippen LogP contribution in [0.4, 0.5) is 5.69 Å². The van der Waals surface area contributed by atoms with Gasteiger partial charge in [-0.05, 0) is 32.4 Å². The van der Waals surface area contributed by atoms with E-state index in [-0.39, 0.29) is 5.91 Å². The number of alkyl halides is 1. The summed E-state index contributed by atoms with van der Waals surface area (Å²) in [6.07, 6.45) is 0.915. The van der Waals surface area contributed by atoms with Gasteiger partial charge in [0.2, 0.25) is 5.91 Å². The first-order chi connectivity index (χ1) is 8.65. The van der Waals surface area contributed by atoms with Gasteiger partial charge in [-0.1, -0.05) is 18.2 Å². The van der Waals surface area contributed by atoms with Crippen LogP contribution >= 0.6 is 11.6 Å². The second-order valence-electron chi connectivity index (χ2n) is 4.18. The molecule has 0 saturated heterocycles. The molecule has 0 fully saturated rings. The highest BCUT2D eigenvalue weighted by atomic mass is 35.5. The summed E-state index contributed by atoms with van der Waals surface area (Å²) in [5.74, 6) is -0.0978. The Morgan fingerprint density at radius 3 is 2.61 bits per heavy atom. The fraction of sp³-hybridized carbons (Fsp3) is 0.500. The summed E-state index contributed by atoms with van der Waals surface area (Å²) < 4.78 is 0. The van der Waals surface area contributed by atoms with Crippen molar-refractivity contribution < 1.29 is 4.79 Å². The first kappa shape index (κ1) is 14.8. The molecule has 1 N–H and O–H groups in total. The molecule has 0 bridgehead atoms. The van der Waals surface area contributed by atoms with Gasteiger partial charge in [0.05, 0.1) is 0 Å². The van der Waals surface area contributed by atoms with Gasteiger partial charge in [-0.15, -0.1) is 11.6 Å². The Bertz CT molecular complexity index is 354. The molecular formula is C14H21ClN2O. The van der Waals surface area contributed by atoms with Crippen LogP contribution in [0.1, 0.15) is 20.3 Å². The van der Waals surface area contributed by atoms with Crippen LogP contribution in [-0.2, 0) is 4.79 Å². The number of halogens is 1. The van der Waals surface area contributed by atoms with Crippen LogP contribution in [0.2, 0.25) is 0 Å². The lowest BCUT2D eigenvalue weighted by Crippen LogP contribution is -2.33. The Kier molecular flexibility index (Phi) is 6.58. The third-order valence-electron chi connectivity index (χ3n) is 2.77. The maximum absolute atomic E-state index is 11.3. The van der Waals surface area contributed by atoms with Gasteiger partial charge < -0.3 is 10.2 Å². The van der Waals surface area contributed by atoms with Gasteiger partial charge in [0, 0.05) is 25.3 Å². The molecule has 1 aromatic rings. The highest BCUT2D eigenvalue weighted by Crippen LogP contribution is 2.12. The van der Waals surface area contributed by atoms with Crippen molar-refractivity contribution in [3.8, 4) is 0 Å². The average molecular weight is 269 g/mol. The van der Waals surface area contributed by atoms with E-state index in [4.69, 9.17) is 11.6 Å². The minimum Gasteiger partial charge on any atom is -0.372 e. The Morgan fingerprint density at radius 1 is 1.39 bits per heavy atom. The SMILES string of the molecule is CCN(CCCNC(=O)C(C)Cl)c1ccccc1. The Morgan fingerprint density at radius 2 is 2.06 bits per heavy atom. The first-order valence-electron chi connectivity index (χ1n) is 6.37. The Labute approximate surface area is 114 Å². The highest BCUT2D eigenvalue weighted by Gasteiger charge is 2.08. The standard InChI is InChI=1S/C14H21ClN2O/c1-3-17(13-8-5-4-6-9-13)11-7-10-16-14(18)12(2)15/h4-6,8-9,12H,3,7,10-11H2,1-2H3,(H,16,18). The predicted octanol–water partition coefficient (Wildman–Crippen LogP) is 2.65. The molecule has 100 valence electrons. The van der Waals surface area contributed by atoms with Crippen molar-refractivity contribution in [1.82, 2.24) is 5.32 Å². The quantitative estimate of drug-likeness (QED) is 0.609. The fourth-order valence-electron chi connectivity index (χ4n) is 1.73. The number of para-hydroxylation sites is 1. The highest BCUT2D eigenvalue weighted by molar-refractivity contribution is 6.30. The zero-order valence-corrected chi connectivity index (χ0v) is 11.8. The van der Waals surface area contributed by atoms with Gasteiger partial charge in [-0.25, -0.2) is 0 Å². The lowest BCUT2D eigenvalue weighted by molar-refractivity contribution is -0.120. The number of hydrogen-bond donors (Lipinski definition) is 1. The third kappa shape index (κ3) is 4.96. The van der Waals surface area contributed by atoms with E-state index in [2.05, 4.69) is 29.3 Å². The van der Waals surface area contributed by atoms with Crippen molar-refractivity contribution in [1.29, 1.82) is 0 Å². The number of carbonyl (C=O) groups is 1. The summed E-state index contributed by atoms with van der Waals surface area (Å²) in [4.78, 5) is 13.6. The molecule has 1 unspecified atom stereocenters. The molecular weight excluding hydrogens is 248 g/mol. The molecule has 1 rings (SSSR count). The van der Waals surface area contributed by atoms with Crippen LogP contribution in [-0.4, -0.2) is 30.9 Å². The van der Waals surface area contributed by atoms with Gasteiger partial charge in [0.1, 0.15) is 5.38 Å². The van der Waals surface area contributed by atoms with E-state index in [1.807, 2.05) is 18.2 Å². The second kappa shape index (κ2) is 7.98. The summed E-state index contributed by atoms with van der Waals surface area (Å²) in [7, 11) is 0. The molecule has 0 aliphatic heterocycles. The number of carbonyl (C=O) groups excluding carboxylic acids is 1. The second-order valence-corrected chi connectivity index (χ2v) is 4.83. The van der Waals surface area contributed by atoms with Gasteiger partial charge in [0.25, 0.3) is 0 Å². The molecule has 1 aromatic carbocycles. The molecule has 0 saturated carbocycles. The number of hydrogen-bond acceptors (Lipinski definition) is 2. The van der Waals surface area contributed by atoms with Crippen LogP contribution in [0.15, 0.2) is 30.3 Å². The lowest BCUT2D eigenvalue weighted by Gasteiger charge is -2.23. The molecule has 4 heteroatoms. The monoisotopic (exact) mass is 268 g/mol. The van der Waals surface area contributed by atoms with Crippen LogP contribution < -0.4 is 10.2 Å². The molecule has 0 aliphatic carbocycles. The van der Waals surface area contributed by atoms with E-state index >= 15 is 0 Å². The van der Waals surface area contributed by atoms with Crippen molar-refractivity contribution in [2.75, 3.05) is 24.5 Å². The molecule has 0 spiro atoms. The van der Waals surface area contributed by atoms with Crippen molar-refractivity contribution in [2.45, 2.75) is 25.6 Å². The minimum atomic E-state index is -0.457. The van der Waals surface area contributed by atoms with Crippen LogP contribution in [0.5, 0.6) is 0 Å². The summed E-state index contributed by atoms with van der Waals surface area (Å²) >= 11 is 5.67. The number of anilines is 1. The zero-order chi connectivity index (χ0) is 13.4. The average Bonchev–Trinajstić information content (AvgIpc) is 2.39. The predicted molar refractivity (Wildman–Crippen MR) is 77.3 cm³/mol. The topological polar surface area (TPSA) is 32.3 Å². The lowest BCUT2D eigenvalue weighted by atomic mass is 10.2. The molecule has 0 aromatic heterocycles. The minimum absolute atomic E-state index is 0.0978. The number of amides is 1. The van der Waals surface area contributed by atoms with Gasteiger partial charge in [0.15, 0.2) is 0 Å². The smallest absolute Gasteiger partial charge is 0.237 e. The van der Waals surface area contributed by atoms with E-state index < -0.39 is 5.38 Å². The molecule has 3 nitrogen and oxygen atoms in total. The van der Waals surface area contributed by atoms with E-state index in [0.29, 0.717) is 6.54 Å². The van der Waals surface area contributed by atoms with Crippen LogP contribution in [0.3, 0.4) is 0 Å². The van der Waals surface area contributed by atoms with Crippen LogP contribution in [0.25, 0.3) is 0 Å². The summed E-state index contributed by atoms with van der Waals surface area (Å²) in [6.45, 7) is 6.37. The zero-order valence-electron chi connectivity index (χ0n) is 11.0. The third-order valence-corrected chi connectivity index (χ3v) is 2.97. The maximum atomic E-state index is 11.3. The van der Waals surface area contributed by atoms with Gasteiger partial charge in [-0.2, -0.15) is 0 Å². The van der Waals surface area contributed by atoms with Gasteiger partial charge in [-0.3, -0.25) is 4.79 Å². The molecule has 1 amide bonds. The van der Waals surface area contributed by atoms with Crippen molar-refractivity contribution in [3.05, 3.63) is 30.3 Å². The molecule has 0 heterocycles. The maximum Gasteiger partial charge on any atom is 0.237 e. The van der Waals surface area contributed by atoms with E-state index in [1.54, 1.807) is 6.92 Å².